The van der Waals surface area contributed by atoms with E-state index in [1.54, 1.807) is 6.07 Å². The summed E-state index contributed by atoms with van der Waals surface area (Å²) in [5.74, 6) is 0. The molecule has 0 atom stereocenters. The van der Waals surface area contributed by atoms with Gasteiger partial charge in [0.05, 0.1) is 4.92 Å². The molecule has 0 saturated carbocycles. The number of nitro groups is 1. The predicted molar refractivity (Wildman–Crippen MR) is 58.5 cm³/mol. The molecule has 3 nitrogen and oxygen atoms in total. The number of hydrogen-bond donors (Lipinski definition) is 0. The highest BCUT2D eigenvalue weighted by Crippen LogP contribution is 2.34. The van der Waals surface area contributed by atoms with Crippen LogP contribution in [-0.2, 0) is 0 Å². The molecule has 6 heteroatoms. The van der Waals surface area contributed by atoms with E-state index in [9.17, 15) is 10.1 Å². The fraction of sp³-hybridized carbons (Fsp3) is 0. The van der Waals surface area contributed by atoms with Gasteiger partial charge >= 0.3 is 5.69 Å². The van der Waals surface area contributed by atoms with E-state index >= 15 is 0 Å². The SMILES string of the molecule is O=[N+]([O-])c1c(Cl)ccc(Br)c1I. The molecule has 0 saturated heterocycles. The van der Waals surface area contributed by atoms with Gasteiger partial charge in [0.1, 0.15) is 8.59 Å². The largest absolute Gasteiger partial charge is 0.302 e. The summed E-state index contributed by atoms with van der Waals surface area (Å²) >= 11 is 10.7. The first-order valence-corrected chi connectivity index (χ1v) is 5.07. The summed E-state index contributed by atoms with van der Waals surface area (Å²) < 4.78 is 1.20. The van der Waals surface area contributed by atoms with Gasteiger partial charge in [-0.2, -0.15) is 0 Å². The number of rotatable bonds is 1. The van der Waals surface area contributed by atoms with Crippen LogP contribution in [0.25, 0.3) is 0 Å². The minimum Gasteiger partial charge on any atom is -0.258 e. The maximum Gasteiger partial charge on any atom is 0.302 e. The van der Waals surface area contributed by atoms with Gasteiger partial charge in [0.25, 0.3) is 0 Å². The Labute approximate surface area is 95.5 Å². The third kappa shape index (κ3) is 1.89. The van der Waals surface area contributed by atoms with Gasteiger partial charge in [-0.3, -0.25) is 10.1 Å². The van der Waals surface area contributed by atoms with Gasteiger partial charge in [-0.15, -0.1) is 0 Å². The highest BCUT2D eigenvalue weighted by atomic mass is 127. The molecule has 12 heavy (non-hydrogen) atoms. The lowest BCUT2D eigenvalue weighted by Gasteiger charge is -1.99. The molecule has 0 radical (unpaired) electrons. The number of benzene rings is 1. The van der Waals surface area contributed by atoms with E-state index in [0.717, 1.165) is 0 Å². The summed E-state index contributed by atoms with van der Waals surface area (Å²) in [6, 6.07) is 3.17. The van der Waals surface area contributed by atoms with E-state index in [0.29, 0.717) is 8.04 Å². The summed E-state index contributed by atoms with van der Waals surface area (Å²) in [7, 11) is 0. The molecular formula is C6H2BrClINO2. The Balaban J connectivity index is 3.43. The molecular weight excluding hydrogens is 360 g/mol. The van der Waals surface area contributed by atoms with Crippen molar-refractivity contribution in [3.8, 4) is 0 Å². The normalized spacial score (nSPS) is 9.92. The molecule has 0 bridgehead atoms. The Morgan fingerprint density at radius 2 is 2.17 bits per heavy atom. The zero-order valence-corrected chi connectivity index (χ0v) is 10.1. The summed E-state index contributed by atoms with van der Waals surface area (Å²) in [4.78, 5) is 10.00. The molecule has 64 valence electrons. The Bertz CT molecular complexity index is 345. The van der Waals surface area contributed by atoms with Crippen molar-refractivity contribution in [2.45, 2.75) is 0 Å². The van der Waals surface area contributed by atoms with Gasteiger partial charge in [-0.1, -0.05) is 11.6 Å². The summed E-state index contributed by atoms with van der Waals surface area (Å²) in [6.45, 7) is 0. The van der Waals surface area contributed by atoms with Crippen molar-refractivity contribution < 1.29 is 4.92 Å². The predicted octanol–water partition coefficient (Wildman–Crippen LogP) is 3.62. The fourth-order valence-corrected chi connectivity index (χ4v) is 2.06. The standard InChI is InChI=1S/C6H2BrClINO2/c7-3-1-2-4(8)6(5(3)9)10(11)12/h1-2H. The van der Waals surface area contributed by atoms with Crippen LogP contribution in [0.1, 0.15) is 0 Å². The van der Waals surface area contributed by atoms with Crippen LogP contribution in [0.5, 0.6) is 0 Å². The van der Waals surface area contributed by atoms with Crippen LogP contribution < -0.4 is 0 Å². The maximum absolute atomic E-state index is 10.5. The molecule has 0 unspecified atom stereocenters. The molecule has 1 aromatic carbocycles. The molecule has 1 rings (SSSR count). The van der Waals surface area contributed by atoms with Crippen molar-refractivity contribution in [2.24, 2.45) is 0 Å². The smallest absolute Gasteiger partial charge is 0.258 e. The van der Waals surface area contributed by atoms with Crippen molar-refractivity contribution in [1.29, 1.82) is 0 Å². The lowest BCUT2D eigenvalue weighted by Crippen LogP contribution is -1.93. The molecule has 0 amide bonds. The van der Waals surface area contributed by atoms with E-state index in [-0.39, 0.29) is 10.7 Å². The van der Waals surface area contributed by atoms with E-state index in [1.165, 1.54) is 6.07 Å². The van der Waals surface area contributed by atoms with Crippen molar-refractivity contribution in [2.75, 3.05) is 0 Å². The average molecular weight is 362 g/mol. The van der Waals surface area contributed by atoms with Crippen LogP contribution in [0.2, 0.25) is 5.02 Å². The quantitative estimate of drug-likeness (QED) is 0.331. The minimum absolute atomic E-state index is 0.0494. The van der Waals surface area contributed by atoms with Crippen LogP contribution in [-0.4, -0.2) is 4.92 Å². The second-order valence-corrected chi connectivity index (χ2v) is 4.29. The third-order valence-corrected chi connectivity index (χ3v) is 4.00. The van der Waals surface area contributed by atoms with Crippen molar-refractivity contribution in [3.63, 3.8) is 0 Å². The van der Waals surface area contributed by atoms with Gasteiger partial charge in [-0.25, -0.2) is 0 Å². The van der Waals surface area contributed by atoms with Gasteiger partial charge in [-0.05, 0) is 50.7 Å². The van der Waals surface area contributed by atoms with Crippen LogP contribution in [0.4, 0.5) is 5.69 Å². The van der Waals surface area contributed by atoms with E-state index in [1.807, 2.05) is 22.6 Å². The van der Waals surface area contributed by atoms with Crippen LogP contribution in [0, 0.1) is 13.7 Å². The Morgan fingerprint density at radius 3 is 2.58 bits per heavy atom. The average Bonchev–Trinajstić information content (AvgIpc) is 1.97. The zero-order valence-electron chi connectivity index (χ0n) is 5.55. The minimum atomic E-state index is -0.491. The summed E-state index contributed by atoms with van der Waals surface area (Å²) in [5.41, 5.74) is -0.0494. The van der Waals surface area contributed by atoms with E-state index in [2.05, 4.69) is 15.9 Å². The summed E-state index contributed by atoms with van der Waals surface area (Å²) in [5, 5.41) is 10.7. The fourth-order valence-electron chi connectivity index (χ4n) is 0.684. The highest BCUT2D eigenvalue weighted by molar-refractivity contribution is 14.1. The molecule has 0 fully saturated rings. The third-order valence-electron chi connectivity index (χ3n) is 1.20. The first-order valence-electron chi connectivity index (χ1n) is 2.82. The Hall–Kier alpha value is 0.120. The molecule has 0 aliphatic heterocycles. The molecule has 0 spiro atoms. The van der Waals surface area contributed by atoms with Crippen LogP contribution in [0.15, 0.2) is 16.6 Å². The Kier molecular flexibility index (Phi) is 3.30. The van der Waals surface area contributed by atoms with Crippen molar-refractivity contribution >= 4 is 55.8 Å². The number of halogens is 3. The molecule has 0 aliphatic rings. The second kappa shape index (κ2) is 3.89. The van der Waals surface area contributed by atoms with Crippen LogP contribution >= 0.6 is 50.1 Å². The van der Waals surface area contributed by atoms with Crippen molar-refractivity contribution in [3.05, 3.63) is 35.3 Å². The van der Waals surface area contributed by atoms with Gasteiger partial charge in [0.15, 0.2) is 0 Å². The first-order chi connectivity index (χ1) is 5.54. The topological polar surface area (TPSA) is 43.1 Å². The molecule has 1 aromatic rings. The number of hydrogen-bond acceptors (Lipinski definition) is 2. The van der Waals surface area contributed by atoms with Gasteiger partial charge < -0.3 is 0 Å². The Morgan fingerprint density at radius 1 is 1.58 bits per heavy atom. The maximum atomic E-state index is 10.5. The second-order valence-electron chi connectivity index (χ2n) is 1.95. The number of nitrogens with zero attached hydrogens (tertiary/aromatic N) is 1. The lowest BCUT2D eigenvalue weighted by atomic mass is 10.3. The molecule has 0 aromatic heterocycles. The molecule has 0 aliphatic carbocycles. The monoisotopic (exact) mass is 361 g/mol. The number of nitro benzene ring substituents is 1. The molecule has 0 heterocycles. The van der Waals surface area contributed by atoms with Crippen molar-refractivity contribution in [1.82, 2.24) is 0 Å². The highest BCUT2D eigenvalue weighted by Gasteiger charge is 2.18. The van der Waals surface area contributed by atoms with Gasteiger partial charge in [0, 0.05) is 4.47 Å². The van der Waals surface area contributed by atoms with E-state index in [4.69, 9.17) is 11.6 Å². The van der Waals surface area contributed by atoms with E-state index < -0.39 is 4.92 Å². The first kappa shape index (κ1) is 10.2. The van der Waals surface area contributed by atoms with Crippen LogP contribution in [0.3, 0.4) is 0 Å². The summed E-state index contributed by atoms with van der Waals surface area (Å²) in [6.07, 6.45) is 0. The van der Waals surface area contributed by atoms with Gasteiger partial charge in [0.2, 0.25) is 0 Å². The molecule has 0 N–H and O–H groups in total. The zero-order chi connectivity index (χ0) is 9.30. The lowest BCUT2D eigenvalue weighted by molar-refractivity contribution is -0.385.